The quantitative estimate of drug-likeness (QED) is 0.812. The van der Waals surface area contributed by atoms with Crippen LogP contribution in [0.2, 0.25) is 0 Å². The van der Waals surface area contributed by atoms with E-state index in [-0.39, 0.29) is 12.7 Å². The molecule has 0 bridgehead atoms. The molecule has 1 aliphatic rings. The molecular formula is C16H24N2O3. The zero-order valence-corrected chi connectivity index (χ0v) is 13.2. The van der Waals surface area contributed by atoms with Gasteiger partial charge in [0.05, 0.1) is 5.41 Å². The van der Waals surface area contributed by atoms with Crippen molar-refractivity contribution < 1.29 is 14.3 Å². The summed E-state index contributed by atoms with van der Waals surface area (Å²) in [6.45, 7) is 5.74. The Balaban J connectivity index is 1.98. The normalized spacial score (nSPS) is 13.6. The predicted molar refractivity (Wildman–Crippen MR) is 81.8 cm³/mol. The van der Waals surface area contributed by atoms with Gasteiger partial charge in [0.25, 0.3) is 0 Å². The summed E-state index contributed by atoms with van der Waals surface area (Å²) in [5.74, 6) is 1.47. The third-order valence-corrected chi connectivity index (χ3v) is 3.73. The van der Waals surface area contributed by atoms with Crippen molar-refractivity contribution in [2.45, 2.75) is 25.7 Å². The summed E-state index contributed by atoms with van der Waals surface area (Å²) >= 11 is 0. The third-order valence-electron chi connectivity index (χ3n) is 3.73. The first-order valence-electron chi connectivity index (χ1n) is 7.24. The Morgan fingerprint density at radius 3 is 2.71 bits per heavy atom. The molecule has 1 aromatic rings. The summed E-state index contributed by atoms with van der Waals surface area (Å²) in [5, 5.41) is 3.01. The van der Waals surface area contributed by atoms with Gasteiger partial charge in [-0.3, -0.25) is 4.79 Å². The number of ether oxygens (including phenoxy) is 2. The molecule has 1 heterocycles. The lowest BCUT2D eigenvalue weighted by Gasteiger charge is -2.24. The molecule has 0 saturated heterocycles. The molecule has 0 aliphatic carbocycles. The number of hydrogen-bond acceptors (Lipinski definition) is 4. The van der Waals surface area contributed by atoms with Gasteiger partial charge in [-0.15, -0.1) is 0 Å². The van der Waals surface area contributed by atoms with E-state index in [2.05, 4.69) is 10.2 Å². The van der Waals surface area contributed by atoms with Crippen LogP contribution < -0.4 is 14.8 Å². The molecule has 0 atom stereocenters. The van der Waals surface area contributed by atoms with Crippen molar-refractivity contribution in [1.82, 2.24) is 10.2 Å². The van der Waals surface area contributed by atoms with Crippen LogP contribution in [0.1, 0.15) is 25.8 Å². The van der Waals surface area contributed by atoms with Gasteiger partial charge in [-0.1, -0.05) is 6.07 Å². The maximum absolute atomic E-state index is 12.4. The van der Waals surface area contributed by atoms with Crippen LogP contribution in [-0.4, -0.2) is 44.8 Å². The highest BCUT2D eigenvalue weighted by atomic mass is 16.7. The van der Waals surface area contributed by atoms with Crippen molar-refractivity contribution in [3.05, 3.63) is 23.8 Å². The van der Waals surface area contributed by atoms with Gasteiger partial charge < -0.3 is 19.7 Å². The first-order chi connectivity index (χ1) is 9.91. The second-order valence-electron chi connectivity index (χ2n) is 6.11. The first kappa shape index (κ1) is 15.6. The van der Waals surface area contributed by atoms with Crippen molar-refractivity contribution in [2.75, 3.05) is 34.0 Å². The highest BCUT2D eigenvalue weighted by Gasteiger charge is 2.31. The lowest BCUT2D eigenvalue weighted by atomic mass is 9.83. The Hall–Kier alpha value is -1.75. The third kappa shape index (κ3) is 3.67. The molecule has 0 spiro atoms. The molecule has 0 aromatic heterocycles. The summed E-state index contributed by atoms with van der Waals surface area (Å²) in [7, 11) is 4.05. The zero-order chi connectivity index (χ0) is 15.5. The number of nitrogens with zero attached hydrogens (tertiary/aromatic N) is 1. The van der Waals surface area contributed by atoms with Crippen LogP contribution >= 0.6 is 0 Å². The van der Waals surface area contributed by atoms with Crippen LogP contribution in [0, 0.1) is 0 Å². The number of carbonyl (C=O) groups excluding carboxylic acids is 1. The maximum atomic E-state index is 12.4. The number of hydrogen-bond donors (Lipinski definition) is 1. The van der Waals surface area contributed by atoms with Gasteiger partial charge >= 0.3 is 0 Å². The summed E-state index contributed by atoms with van der Waals surface area (Å²) in [6.07, 6.45) is 0.940. The first-order valence-corrected chi connectivity index (χ1v) is 7.24. The Morgan fingerprint density at radius 1 is 1.29 bits per heavy atom. The molecule has 21 heavy (non-hydrogen) atoms. The van der Waals surface area contributed by atoms with E-state index < -0.39 is 5.41 Å². The minimum Gasteiger partial charge on any atom is -0.454 e. The van der Waals surface area contributed by atoms with Crippen molar-refractivity contribution in [1.29, 1.82) is 0 Å². The minimum atomic E-state index is -0.598. The zero-order valence-electron chi connectivity index (χ0n) is 13.2. The van der Waals surface area contributed by atoms with E-state index >= 15 is 0 Å². The molecule has 0 unspecified atom stereocenters. The SMILES string of the molecule is CN(C)CCCNC(=O)C(C)(C)c1ccc2c(c1)OCO2. The second-order valence-corrected chi connectivity index (χ2v) is 6.11. The van der Waals surface area contributed by atoms with Crippen molar-refractivity contribution in [2.24, 2.45) is 0 Å². The van der Waals surface area contributed by atoms with Gasteiger partial charge in [0.1, 0.15) is 0 Å². The summed E-state index contributed by atoms with van der Waals surface area (Å²) in [5.41, 5.74) is 0.330. The topological polar surface area (TPSA) is 50.8 Å². The monoisotopic (exact) mass is 292 g/mol. The summed E-state index contributed by atoms with van der Waals surface area (Å²) in [6, 6.07) is 5.67. The van der Waals surface area contributed by atoms with Crippen molar-refractivity contribution in [3.63, 3.8) is 0 Å². The molecule has 0 fully saturated rings. The molecule has 2 rings (SSSR count). The number of carbonyl (C=O) groups is 1. The smallest absolute Gasteiger partial charge is 0.231 e. The van der Waals surface area contributed by atoms with Gasteiger partial charge in [0.2, 0.25) is 12.7 Å². The van der Waals surface area contributed by atoms with Gasteiger partial charge in [0, 0.05) is 6.54 Å². The van der Waals surface area contributed by atoms with E-state index in [0.717, 1.165) is 24.3 Å². The standard InChI is InChI=1S/C16H24N2O3/c1-16(2,15(19)17-8-5-9-18(3)4)12-6-7-13-14(10-12)21-11-20-13/h6-7,10H,5,8-9,11H2,1-4H3,(H,17,19). The summed E-state index contributed by atoms with van der Waals surface area (Å²) in [4.78, 5) is 14.5. The Morgan fingerprint density at radius 2 is 2.00 bits per heavy atom. The highest BCUT2D eigenvalue weighted by Crippen LogP contribution is 2.36. The van der Waals surface area contributed by atoms with Crippen LogP contribution in [0.3, 0.4) is 0 Å². The summed E-state index contributed by atoms with van der Waals surface area (Å²) < 4.78 is 10.7. The number of nitrogens with one attached hydrogen (secondary N) is 1. The second kappa shape index (κ2) is 6.35. The molecule has 5 nitrogen and oxygen atoms in total. The Kier molecular flexibility index (Phi) is 4.73. The van der Waals surface area contributed by atoms with Crippen LogP contribution in [0.25, 0.3) is 0 Å². The predicted octanol–water partition coefficient (Wildman–Crippen LogP) is 1.76. The minimum absolute atomic E-state index is 0.0279. The number of amides is 1. The van der Waals surface area contributed by atoms with E-state index in [1.807, 2.05) is 46.1 Å². The van der Waals surface area contributed by atoms with Crippen LogP contribution in [0.5, 0.6) is 11.5 Å². The largest absolute Gasteiger partial charge is 0.454 e. The number of fused-ring (bicyclic) bond motifs is 1. The maximum Gasteiger partial charge on any atom is 0.231 e. The van der Waals surface area contributed by atoms with Gasteiger partial charge in [-0.25, -0.2) is 0 Å². The molecule has 1 aliphatic heterocycles. The molecule has 0 saturated carbocycles. The van der Waals surface area contributed by atoms with Gasteiger partial charge in [0.15, 0.2) is 11.5 Å². The van der Waals surface area contributed by atoms with E-state index in [9.17, 15) is 4.79 Å². The lowest BCUT2D eigenvalue weighted by Crippen LogP contribution is -2.41. The average Bonchev–Trinajstić information content (AvgIpc) is 2.90. The van der Waals surface area contributed by atoms with Crippen LogP contribution in [-0.2, 0) is 10.2 Å². The molecule has 0 radical (unpaired) electrons. The van der Waals surface area contributed by atoms with E-state index in [1.54, 1.807) is 0 Å². The van der Waals surface area contributed by atoms with Crippen molar-refractivity contribution in [3.8, 4) is 11.5 Å². The van der Waals surface area contributed by atoms with E-state index in [4.69, 9.17) is 9.47 Å². The molecular weight excluding hydrogens is 268 g/mol. The van der Waals surface area contributed by atoms with E-state index in [0.29, 0.717) is 12.3 Å². The fraction of sp³-hybridized carbons (Fsp3) is 0.562. The van der Waals surface area contributed by atoms with Gasteiger partial charge in [-0.05, 0) is 58.6 Å². The molecule has 1 aromatic carbocycles. The van der Waals surface area contributed by atoms with Crippen LogP contribution in [0.15, 0.2) is 18.2 Å². The molecule has 5 heteroatoms. The number of benzene rings is 1. The molecule has 1 amide bonds. The van der Waals surface area contributed by atoms with Crippen molar-refractivity contribution >= 4 is 5.91 Å². The molecule has 1 N–H and O–H groups in total. The van der Waals surface area contributed by atoms with E-state index in [1.165, 1.54) is 0 Å². The fourth-order valence-electron chi connectivity index (χ4n) is 2.23. The van der Waals surface area contributed by atoms with Gasteiger partial charge in [-0.2, -0.15) is 0 Å². The fourth-order valence-corrected chi connectivity index (χ4v) is 2.23. The highest BCUT2D eigenvalue weighted by molar-refractivity contribution is 5.87. The number of rotatable bonds is 6. The molecule has 116 valence electrons. The Bertz CT molecular complexity index is 512. The Labute approximate surface area is 126 Å². The average molecular weight is 292 g/mol. The lowest BCUT2D eigenvalue weighted by molar-refractivity contribution is -0.125. The van der Waals surface area contributed by atoms with Crippen LogP contribution in [0.4, 0.5) is 0 Å².